The Labute approximate surface area is 178 Å². The number of carbonyl (C=O) groups excluding carboxylic acids is 2. The van der Waals surface area contributed by atoms with E-state index in [1.807, 2.05) is 37.3 Å². The zero-order chi connectivity index (χ0) is 20.8. The van der Waals surface area contributed by atoms with Gasteiger partial charge in [0.15, 0.2) is 11.7 Å². The number of hydrogen-bond donors (Lipinski definition) is 1. The van der Waals surface area contributed by atoms with Crippen LogP contribution in [0.4, 0.5) is 5.69 Å². The number of nitrogens with zero attached hydrogens (tertiary/aromatic N) is 2. The molecular formula is C22H18ClN3O2S. The molecule has 0 saturated carbocycles. The molecule has 0 bridgehead atoms. The van der Waals surface area contributed by atoms with Crippen LogP contribution >= 0.6 is 22.9 Å². The van der Waals surface area contributed by atoms with E-state index in [-0.39, 0.29) is 6.42 Å². The second kappa shape index (κ2) is 9.46. The van der Waals surface area contributed by atoms with Gasteiger partial charge in [-0.15, -0.1) is 11.3 Å². The summed E-state index contributed by atoms with van der Waals surface area (Å²) < 4.78 is 0. The van der Waals surface area contributed by atoms with Crippen molar-refractivity contribution in [1.82, 2.24) is 4.98 Å². The first-order chi connectivity index (χ1) is 14.0. The lowest BCUT2D eigenvalue weighted by molar-refractivity contribution is -0.128. The minimum absolute atomic E-state index is 0.0959. The third kappa shape index (κ3) is 5.08. The fourth-order valence-electron chi connectivity index (χ4n) is 2.74. The number of aromatic nitrogens is 1. The average molecular weight is 424 g/mol. The van der Waals surface area contributed by atoms with Crippen molar-refractivity contribution in [1.29, 1.82) is 5.26 Å². The SMILES string of the molecule is CCc1ccc(NC(=O)C(C#N)C(=O)Cc2csc(-c3ccccc3Cl)n2)cc1. The van der Waals surface area contributed by atoms with E-state index in [0.717, 1.165) is 17.5 Å². The molecule has 1 aromatic heterocycles. The number of nitrogens with one attached hydrogen (secondary N) is 1. The van der Waals surface area contributed by atoms with Gasteiger partial charge < -0.3 is 5.32 Å². The molecule has 0 spiro atoms. The van der Waals surface area contributed by atoms with Crippen LogP contribution in [0.1, 0.15) is 18.2 Å². The molecule has 3 rings (SSSR count). The number of ketones is 1. The molecule has 2 aromatic carbocycles. The zero-order valence-corrected chi connectivity index (χ0v) is 17.3. The summed E-state index contributed by atoms with van der Waals surface area (Å²) in [6.45, 7) is 2.04. The Bertz CT molecular complexity index is 1070. The number of amides is 1. The van der Waals surface area contributed by atoms with E-state index >= 15 is 0 Å². The van der Waals surface area contributed by atoms with Gasteiger partial charge in [-0.1, -0.05) is 48.9 Å². The summed E-state index contributed by atoms with van der Waals surface area (Å²) in [5.41, 5.74) is 2.97. The monoisotopic (exact) mass is 423 g/mol. The Morgan fingerprint density at radius 2 is 1.93 bits per heavy atom. The van der Waals surface area contributed by atoms with Crippen LogP contribution in [0.25, 0.3) is 10.6 Å². The molecule has 0 saturated heterocycles. The Hall–Kier alpha value is -3.01. The molecule has 1 N–H and O–H groups in total. The molecule has 1 amide bonds. The Balaban J connectivity index is 1.67. The Kier molecular flexibility index (Phi) is 6.76. The number of nitriles is 1. The van der Waals surface area contributed by atoms with Crippen LogP contribution in [-0.4, -0.2) is 16.7 Å². The Morgan fingerprint density at radius 3 is 2.59 bits per heavy atom. The highest BCUT2D eigenvalue weighted by molar-refractivity contribution is 7.13. The molecule has 1 heterocycles. The normalized spacial score (nSPS) is 11.5. The van der Waals surface area contributed by atoms with E-state index in [4.69, 9.17) is 11.6 Å². The van der Waals surface area contributed by atoms with Gasteiger partial charge in [0, 0.05) is 16.6 Å². The first-order valence-corrected chi connectivity index (χ1v) is 10.3. The molecule has 0 aliphatic carbocycles. The number of thiazole rings is 1. The van der Waals surface area contributed by atoms with Gasteiger partial charge in [0.2, 0.25) is 5.91 Å². The Morgan fingerprint density at radius 1 is 1.21 bits per heavy atom. The molecule has 7 heteroatoms. The van der Waals surface area contributed by atoms with E-state index in [9.17, 15) is 14.9 Å². The van der Waals surface area contributed by atoms with Gasteiger partial charge in [0.25, 0.3) is 0 Å². The minimum atomic E-state index is -1.40. The van der Waals surface area contributed by atoms with Gasteiger partial charge in [-0.25, -0.2) is 4.98 Å². The van der Waals surface area contributed by atoms with E-state index in [0.29, 0.717) is 21.4 Å². The maximum absolute atomic E-state index is 12.5. The molecule has 3 aromatic rings. The molecule has 1 atom stereocenters. The molecule has 5 nitrogen and oxygen atoms in total. The minimum Gasteiger partial charge on any atom is -0.325 e. The van der Waals surface area contributed by atoms with Crippen LogP contribution in [0.5, 0.6) is 0 Å². The average Bonchev–Trinajstić information content (AvgIpc) is 3.17. The molecule has 0 radical (unpaired) electrons. The molecule has 0 aliphatic rings. The van der Waals surface area contributed by atoms with Gasteiger partial charge in [-0.3, -0.25) is 9.59 Å². The number of hydrogen-bond acceptors (Lipinski definition) is 5. The number of Topliss-reactive ketones (excluding diaryl/α,β-unsaturated/α-hetero) is 1. The summed E-state index contributed by atoms with van der Waals surface area (Å²) in [6.07, 6.45) is 0.790. The van der Waals surface area contributed by atoms with E-state index < -0.39 is 17.6 Å². The third-order valence-corrected chi connectivity index (χ3v) is 5.61. The van der Waals surface area contributed by atoms with E-state index in [1.165, 1.54) is 11.3 Å². The molecule has 29 heavy (non-hydrogen) atoms. The largest absolute Gasteiger partial charge is 0.325 e. The van der Waals surface area contributed by atoms with Crippen molar-refractivity contribution in [2.45, 2.75) is 19.8 Å². The first kappa shape index (κ1) is 20.7. The summed E-state index contributed by atoms with van der Waals surface area (Å²) >= 11 is 7.55. The predicted molar refractivity (Wildman–Crippen MR) is 115 cm³/mol. The highest BCUT2D eigenvalue weighted by Crippen LogP contribution is 2.30. The quantitative estimate of drug-likeness (QED) is 0.547. The van der Waals surface area contributed by atoms with Crippen LogP contribution in [0.2, 0.25) is 5.02 Å². The second-order valence-electron chi connectivity index (χ2n) is 6.37. The van der Waals surface area contributed by atoms with Gasteiger partial charge in [0.05, 0.1) is 23.2 Å². The lowest BCUT2D eigenvalue weighted by Gasteiger charge is -2.09. The maximum Gasteiger partial charge on any atom is 0.249 e. The third-order valence-electron chi connectivity index (χ3n) is 4.35. The molecule has 0 aliphatic heterocycles. The summed E-state index contributed by atoms with van der Waals surface area (Å²) in [4.78, 5) is 29.4. The topological polar surface area (TPSA) is 82.9 Å². The summed E-state index contributed by atoms with van der Waals surface area (Å²) in [5.74, 6) is -2.53. The molecule has 146 valence electrons. The van der Waals surface area contributed by atoms with Crippen molar-refractivity contribution in [3.05, 3.63) is 70.2 Å². The van der Waals surface area contributed by atoms with Gasteiger partial charge in [-0.05, 0) is 30.2 Å². The number of anilines is 1. The van der Waals surface area contributed by atoms with Crippen molar-refractivity contribution in [3.63, 3.8) is 0 Å². The molecule has 1 unspecified atom stereocenters. The van der Waals surface area contributed by atoms with Crippen LogP contribution in [0.3, 0.4) is 0 Å². The summed E-state index contributed by atoms with van der Waals surface area (Å²) in [7, 11) is 0. The highest BCUT2D eigenvalue weighted by Gasteiger charge is 2.27. The van der Waals surface area contributed by atoms with Crippen LogP contribution in [0.15, 0.2) is 53.9 Å². The molecular weight excluding hydrogens is 406 g/mol. The van der Waals surface area contributed by atoms with Crippen molar-refractivity contribution < 1.29 is 9.59 Å². The first-order valence-electron chi connectivity index (χ1n) is 9.03. The van der Waals surface area contributed by atoms with Crippen LogP contribution in [0, 0.1) is 17.2 Å². The summed E-state index contributed by atoms with van der Waals surface area (Å²) in [5, 5.41) is 15.0. The van der Waals surface area contributed by atoms with Crippen molar-refractivity contribution >= 4 is 40.3 Å². The van der Waals surface area contributed by atoms with Crippen molar-refractivity contribution in [2.24, 2.45) is 5.92 Å². The van der Waals surface area contributed by atoms with Crippen LogP contribution < -0.4 is 5.32 Å². The second-order valence-corrected chi connectivity index (χ2v) is 7.63. The van der Waals surface area contributed by atoms with Gasteiger partial charge in [0.1, 0.15) is 5.01 Å². The standard InChI is InChI=1S/C22H18ClN3O2S/c1-2-14-7-9-15(10-8-14)25-21(28)18(12-24)20(27)11-16-13-29-22(26-16)17-5-3-4-6-19(17)23/h3-10,13,18H,2,11H2,1H3,(H,25,28). The van der Waals surface area contributed by atoms with Gasteiger partial charge in [-0.2, -0.15) is 5.26 Å². The van der Waals surface area contributed by atoms with E-state index in [2.05, 4.69) is 10.3 Å². The van der Waals surface area contributed by atoms with Crippen molar-refractivity contribution in [3.8, 4) is 16.6 Å². The lowest BCUT2D eigenvalue weighted by Crippen LogP contribution is -2.29. The van der Waals surface area contributed by atoms with E-state index in [1.54, 1.807) is 29.6 Å². The summed E-state index contributed by atoms with van der Waals surface area (Å²) in [6, 6.07) is 16.4. The number of rotatable bonds is 7. The maximum atomic E-state index is 12.5. The smallest absolute Gasteiger partial charge is 0.249 e. The number of halogens is 1. The highest BCUT2D eigenvalue weighted by atomic mass is 35.5. The molecule has 0 fully saturated rings. The van der Waals surface area contributed by atoms with Gasteiger partial charge >= 0.3 is 0 Å². The van der Waals surface area contributed by atoms with Crippen molar-refractivity contribution in [2.75, 3.05) is 5.32 Å². The number of carbonyl (C=O) groups is 2. The fraction of sp³-hybridized carbons (Fsp3) is 0.182. The van der Waals surface area contributed by atoms with Crippen LogP contribution in [-0.2, 0) is 22.4 Å². The number of aryl methyl sites for hydroxylation is 1. The zero-order valence-electron chi connectivity index (χ0n) is 15.7. The number of benzene rings is 2. The predicted octanol–water partition coefficient (Wildman–Crippen LogP) is 4.92. The lowest BCUT2D eigenvalue weighted by atomic mass is 10.0. The fourth-order valence-corrected chi connectivity index (χ4v) is 3.88.